The highest BCUT2D eigenvalue weighted by molar-refractivity contribution is 6.35. The molecule has 0 heterocycles. The SMILES string of the molecule is CCOc1ccc(Nc2ccc(Cl)cc2/C=N\NC(=O)C(=O)N[C@@H](C)CC)cc1. The van der Waals surface area contributed by atoms with Gasteiger partial charge in [0.15, 0.2) is 0 Å². The van der Waals surface area contributed by atoms with E-state index in [1.165, 1.54) is 6.21 Å². The van der Waals surface area contributed by atoms with Gasteiger partial charge in [-0.05, 0) is 62.7 Å². The zero-order chi connectivity index (χ0) is 21.2. The van der Waals surface area contributed by atoms with E-state index in [0.717, 1.165) is 23.5 Å². The summed E-state index contributed by atoms with van der Waals surface area (Å²) in [6.07, 6.45) is 2.16. The van der Waals surface area contributed by atoms with Crippen molar-refractivity contribution in [2.45, 2.75) is 33.2 Å². The van der Waals surface area contributed by atoms with E-state index in [1.54, 1.807) is 18.2 Å². The minimum atomic E-state index is -0.829. The number of ether oxygens (including phenoxy) is 1. The van der Waals surface area contributed by atoms with E-state index in [1.807, 2.05) is 45.0 Å². The van der Waals surface area contributed by atoms with Crippen LogP contribution in [0.3, 0.4) is 0 Å². The Morgan fingerprint density at radius 1 is 1.14 bits per heavy atom. The molecule has 0 aliphatic heterocycles. The minimum absolute atomic E-state index is 0.0879. The summed E-state index contributed by atoms with van der Waals surface area (Å²) in [7, 11) is 0. The first-order valence-corrected chi connectivity index (χ1v) is 9.74. The van der Waals surface area contributed by atoms with Crippen molar-refractivity contribution >= 4 is 41.0 Å². The number of carbonyl (C=O) groups is 2. The van der Waals surface area contributed by atoms with Gasteiger partial charge in [0, 0.05) is 28.0 Å². The Kier molecular flexibility index (Phi) is 8.48. The number of amides is 2. The number of rotatable bonds is 8. The fraction of sp³-hybridized carbons (Fsp3) is 0.286. The number of hydrazone groups is 1. The molecular formula is C21H25ClN4O3. The molecule has 29 heavy (non-hydrogen) atoms. The van der Waals surface area contributed by atoms with Gasteiger partial charge in [-0.3, -0.25) is 9.59 Å². The average molecular weight is 417 g/mol. The van der Waals surface area contributed by atoms with Gasteiger partial charge in [-0.1, -0.05) is 18.5 Å². The van der Waals surface area contributed by atoms with Crippen molar-refractivity contribution < 1.29 is 14.3 Å². The first-order valence-electron chi connectivity index (χ1n) is 9.36. The molecule has 0 aromatic heterocycles. The van der Waals surface area contributed by atoms with Gasteiger partial charge in [-0.2, -0.15) is 5.10 Å². The van der Waals surface area contributed by atoms with Crippen molar-refractivity contribution in [3.8, 4) is 5.75 Å². The van der Waals surface area contributed by atoms with Crippen LogP contribution in [0.4, 0.5) is 11.4 Å². The number of anilines is 2. The number of nitrogens with one attached hydrogen (secondary N) is 3. The number of hydrogen-bond donors (Lipinski definition) is 3. The summed E-state index contributed by atoms with van der Waals surface area (Å²) in [5, 5.41) is 10.2. The van der Waals surface area contributed by atoms with Crippen molar-refractivity contribution in [3.05, 3.63) is 53.1 Å². The van der Waals surface area contributed by atoms with Crippen molar-refractivity contribution in [3.63, 3.8) is 0 Å². The quantitative estimate of drug-likeness (QED) is 0.346. The van der Waals surface area contributed by atoms with Gasteiger partial charge in [0.05, 0.1) is 12.8 Å². The summed E-state index contributed by atoms with van der Waals surface area (Å²) in [5.41, 5.74) is 4.46. The number of halogens is 1. The van der Waals surface area contributed by atoms with Crippen LogP contribution in [0.25, 0.3) is 0 Å². The number of benzene rings is 2. The lowest BCUT2D eigenvalue weighted by atomic mass is 10.2. The molecule has 2 aromatic rings. The summed E-state index contributed by atoms with van der Waals surface area (Å²) in [6.45, 7) is 6.27. The van der Waals surface area contributed by atoms with Crippen LogP contribution in [-0.4, -0.2) is 30.7 Å². The Morgan fingerprint density at radius 2 is 1.86 bits per heavy atom. The van der Waals surface area contributed by atoms with Crippen molar-refractivity contribution in [2.24, 2.45) is 5.10 Å². The van der Waals surface area contributed by atoms with E-state index in [0.29, 0.717) is 17.2 Å². The number of carbonyl (C=O) groups excluding carboxylic acids is 2. The van der Waals surface area contributed by atoms with Crippen LogP contribution in [-0.2, 0) is 9.59 Å². The van der Waals surface area contributed by atoms with E-state index >= 15 is 0 Å². The Bertz CT molecular complexity index is 869. The molecule has 7 nitrogen and oxygen atoms in total. The summed E-state index contributed by atoms with van der Waals surface area (Å²) in [4.78, 5) is 23.6. The van der Waals surface area contributed by atoms with Gasteiger partial charge < -0.3 is 15.4 Å². The first-order chi connectivity index (χ1) is 13.9. The predicted molar refractivity (Wildman–Crippen MR) is 116 cm³/mol. The van der Waals surface area contributed by atoms with Gasteiger partial charge >= 0.3 is 11.8 Å². The van der Waals surface area contributed by atoms with E-state index in [2.05, 4.69) is 21.2 Å². The summed E-state index contributed by atoms with van der Waals surface area (Å²) in [5.74, 6) is -0.769. The standard InChI is InChI=1S/C21H25ClN4O3/c1-4-14(3)24-20(27)21(28)26-23-13-15-12-16(22)6-11-19(15)25-17-7-9-18(10-8-17)29-5-2/h6-14,25H,4-5H2,1-3H3,(H,24,27)(H,26,28)/b23-13-/t14-/m0/s1. The normalized spacial score (nSPS) is 11.7. The molecule has 2 amide bonds. The van der Waals surface area contributed by atoms with E-state index in [4.69, 9.17) is 16.3 Å². The van der Waals surface area contributed by atoms with Gasteiger partial charge in [-0.25, -0.2) is 5.43 Å². The zero-order valence-corrected chi connectivity index (χ0v) is 17.4. The molecular weight excluding hydrogens is 392 g/mol. The smallest absolute Gasteiger partial charge is 0.329 e. The second-order valence-electron chi connectivity index (χ2n) is 6.30. The lowest BCUT2D eigenvalue weighted by Crippen LogP contribution is -2.41. The molecule has 0 saturated carbocycles. The van der Waals surface area contributed by atoms with Crippen LogP contribution in [0.1, 0.15) is 32.8 Å². The van der Waals surface area contributed by atoms with Gasteiger partial charge in [0.2, 0.25) is 0 Å². The lowest BCUT2D eigenvalue weighted by Gasteiger charge is -2.11. The maximum absolute atomic E-state index is 11.8. The Labute approximate surface area is 175 Å². The van der Waals surface area contributed by atoms with Crippen LogP contribution in [0, 0.1) is 0 Å². The molecule has 0 radical (unpaired) electrons. The fourth-order valence-electron chi connectivity index (χ4n) is 2.31. The molecule has 0 saturated heterocycles. The molecule has 2 rings (SSSR count). The second kappa shape index (κ2) is 11.1. The van der Waals surface area contributed by atoms with Gasteiger partial charge in [0.1, 0.15) is 5.75 Å². The average Bonchev–Trinajstić information content (AvgIpc) is 2.71. The van der Waals surface area contributed by atoms with E-state index < -0.39 is 11.8 Å². The molecule has 154 valence electrons. The molecule has 0 unspecified atom stereocenters. The van der Waals surface area contributed by atoms with Crippen molar-refractivity contribution in [1.82, 2.24) is 10.7 Å². The molecule has 1 atom stereocenters. The minimum Gasteiger partial charge on any atom is -0.494 e. The van der Waals surface area contributed by atoms with Crippen molar-refractivity contribution in [2.75, 3.05) is 11.9 Å². The van der Waals surface area contributed by atoms with Crippen LogP contribution in [0.5, 0.6) is 5.75 Å². The number of hydrogen-bond acceptors (Lipinski definition) is 5. The molecule has 0 bridgehead atoms. The zero-order valence-electron chi connectivity index (χ0n) is 16.7. The summed E-state index contributed by atoms with van der Waals surface area (Å²) < 4.78 is 5.44. The Balaban J connectivity index is 2.06. The highest BCUT2D eigenvalue weighted by atomic mass is 35.5. The highest BCUT2D eigenvalue weighted by Gasteiger charge is 2.14. The molecule has 2 aromatic carbocycles. The van der Waals surface area contributed by atoms with E-state index in [-0.39, 0.29) is 6.04 Å². The molecule has 0 aliphatic carbocycles. The topological polar surface area (TPSA) is 91.8 Å². The van der Waals surface area contributed by atoms with Crippen molar-refractivity contribution in [1.29, 1.82) is 0 Å². The second-order valence-corrected chi connectivity index (χ2v) is 6.73. The predicted octanol–water partition coefficient (Wildman–Crippen LogP) is 3.85. The maximum Gasteiger partial charge on any atom is 0.329 e. The lowest BCUT2D eigenvalue weighted by molar-refractivity contribution is -0.139. The third-order valence-corrected chi connectivity index (χ3v) is 4.26. The number of nitrogens with zero attached hydrogens (tertiary/aromatic N) is 1. The molecule has 8 heteroatoms. The molecule has 0 spiro atoms. The third-order valence-electron chi connectivity index (χ3n) is 4.02. The summed E-state index contributed by atoms with van der Waals surface area (Å²) in [6, 6.07) is 12.7. The molecule has 3 N–H and O–H groups in total. The highest BCUT2D eigenvalue weighted by Crippen LogP contribution is 2.24. The Morgan fingerprint density at radius 3 is 2.52 bits per heavy atom. The van der Waals surface area contributed by atoms with E-state index in [9.17, 15) is 9.59 Å². The van der Waals surface area contributed by atoms with Gasteiger partial charge in [-0.15, -0.1) is 0 Å². The molecule has 0 fully saturated rings. The Hall–Kier alpha value is -3.06. The van der Waals surface area contributed by atoms with Crippen LogP contribution in [0.15, 0.2) is 47.6 Å². The van der Waals surface area contributed by atoms with Crippen LogP contribution in [0.2, 0.25) is 5.02 Å². The maximum atomic E-state index is 11.8. The fourth-order valence-corrected chi connectivity index (χ4v) is 2.49. The van der Waals surface area contributed by atoms with Crippen LogP contribution >= 0.6 is 11.6 Å². The largest absolute Gasteiger partial charge is 0.494 e. The van der Waals surface area contributed by atoms with Crippen LogP contribution < -0.4 is 20.8 Å². The summed E-state index contributed by atoms with van der Waals surface area (Å²) >= 11 is 6.08. The van der Waals surface area contributed by atoms with Gasteiger partial charge in [0.25, 0.3) is 0 Å². The first kappa shape index (κ1) is 22.2. The third kappa shape index (κ3) is 7.12. The monoisotopic (exact) mass is 416 g/mol. The molecule has 0 aliphatic rings.